The first-order valence-electron chi connectivity index (χ1n) is 7.79. The Labute approximate surface area is 126 Å². The van der Waals surface area contributed by atoms with Crippen LogP contribution in [0.15, 0.2) is 24.3 Å². The van der Waals surface area contributed by atoms with Gasteiger partial charge in [-0.15, -0.1) is 0 Å². The fourth-order valence-corrected chi connectivity index (χ4v) is 3.88. The number of benzene rings is 1. The van der Waals surface area contributed by atoms with Crippen LogP contribution in [0.1, 0.15) is 48.9 Å². The van der Waals surface area contributed by atoms with Gasteiger partial charge in [0.2, 0.25) is 0 Å². The van der Waals surface area contributed by atoms with E-state index in [4.69, 9.17) is 11.6 Å². The molecule has 0 aromatic heterocycles. The average Bonchev–Trinajstić information content (AvgIpc) is 3.01. The van der Waals surface area contributed by atoms with Crippen molar-refractivity contribution >= 4 is 17.4 Å². The number of carbonyl (C=O) groups excluding carboxylic acids is 1. The van der Waals surface area contributed by atoms with Crippen molar-refractivity contribution in [1.82, 2.24) is 4.90 Å². The van der Waals surface area contributed by atoms with Crippen molar-refractivity contribution in [3.63, 3.8) is 0 Å². The molecule has 1 saturated carbocycles. The summed E-state index contributed by atoms with van der Waals surface area (Å²) in [5.41, 5.74) is 0.825. The van der Waals surface area contributed by atoms with Crippen LogP contribution in [0, 0.1) is 5.92 Å². The lowest BCUT2D eigenvalue weighted by Crippen LogP contribution is -2.44. The lowest BCUT2D eigenvalue weighted by molar-refractivity contribution is 0.0723. The SMILES string of the molecule is O=C(c1ccc(Cl)cc1)[C@@H]1CCCC[C@@H]1N1CCCC1. The highest BCUT2D eigenvalue weighted by Crippen LogP contribution is 2.33. The zero-order valence-corrected chi connectivity index (χ0v) is 12.6. The monoisotopic (exact) mass is 291 g/mol. The molecule has 3 heteroatoms. The fourth-order valence-electron chi connectivity index (χ4n) is 3.76. The first kappa shape index (κ1) is 14.1. The Bertz CT molecular complexity index is 464. The van der Waals surface area contributed by atoms with Crippen molar-refractivity contribution in [2.24, 2.45) is 5.92 Å². The van der Waals surface area contributed by atoms with Crippen molar-refractivity contribution in [3.05, 3.63) is 34.9 Å². The molecule has 1 saturated heterocycles. The number of Topliss-reactive ketones (excluding diaryl/α,β-unsaturated/α-hetero) is 1. The molecule has 1 aliphatic carbocycles. The standard InChI is InChI=1S/C17H22ClNO/c18-14-9-7-13(8-10-14)17(20)15-5-1-2-6-16(15)19-11-3-4-12-19/h7-10,15-16H,1-6,11-12H2/t15-,16+/m1/s1. The molecule has 0 unspecified atom stereocenters. The topological polar surface area (TPSA) is 20.3 Å². The molecule has 2 nitrogen and oxygen atoms in total. The first-order chi connectivity index (χ1) is 9.75. The highest BCUT2D eigenvalue weighted by atomic mass is 35.5. The number of hydrogen-bond acceptors (Lipinski definition) is 2. The summed E-state index contributed by atoms with van der Waals surface area (Å²) >= 11 is 5.91. The van der Waals surface area contributed by atoms with Crippen LogP contribution in [0.4, 0.5) is 0 Å². The minimum Gasteiger partial charge on any atom is -0.300 e. The van der Waals surface area contributed by atoms with Crippen molar-refractivity contribution in [2.45, 2.75) is 44.6 Å². The second kappa shape index (κ2) is 6.28. The molecule has 2 aliphatic rings. The number of rotatable bonds is 3. The third-order valence-electron chi connectivity index (χ3n) is 4.80. The maximum atomic E-state index is 12.8. The summed E-state index contributed by atoms with van der Waals surface area (Å²) in [7, 11) is 0. The minimum absolute atomic E-state index is 0.183. The Balaban J connectivity index is 1.78. The summed E-state index contributed by atoms with van der Waals surface area (Å²) in [6.07, 6.45) is 7.27. The number of hydrogen-bond donors (Lipinski definition) is 0. The summed E-state index contributed by atoms with van der Waals surface area (Å²) in [4.78, 5) is 15.4. The van der Waals surface area contributed by atoms with Crippen LogP contribution >= 0.6 is 11.6 Å². The Morgan fingerprint density at radius 2 is 1.65 bits per heavy atom. The van der Waals surface area contributed by atoms with Gasteiger partial charge in [0.1, 0.15) is 0 Å². The molecule has 2 atom stereocenters. The maximum absolute atomic E-state index is 12.8. The summed E-state index contributed by atoms with van der Waals surface area (Å²) < 4.78 is 0. The summed E-state index contributed by atoms with van der Waals surface area (Å²) in [5.74, 6) is 0.501. The summed E-state index contributed by atoms with van der Waals surface area (Å²) in [6.45, 7) is 2.35. The van der Waals surface area contributed by atoms with E-state index in [0.29, 0.717) is 16.8 Å². The first-order valence-corrected chi connectivity index (χ1v) is 8.17. The van der Waals surface area contributed by atoms with Crippen LogP contribution in [-0.4, -0.2) is 29.8 Å². The third-order valence-corrected chi connectivity index (χ3v) is 5.06. The number of likely N-dealkylation sites (tertiary alicyclic amines) is 1. The molecule has 1 heterocycles. The van der Waals surface area contributed by atoms with Crippen LogP contribution < -0.4 is 0 Å². The zero-order chi connectivity index (χ0) is 13.9. The quantitative estimate of drug-likeness (QED) is 0.779. The molecule has 3 rings (SSSR count). The van der Waals surface area contributed by atoms with Gasteiger partial charge in [-0.05, 0) is 63.0 Å². The largest absolute Gasteiger partial charge is 0.300 e. The van der Waals surface area contributed by atoms with Gasteiger partial charge < -0.3 is 0 Å². The van der Waals surface area contributed by atoms with Crippen LogP contribution in [0.3, 0.4) is 0 Å². The van der Waals surface area contributed by atoms with Gasteiger partial charge >= 0.3 is 0 Å². The molecule has 2 fully saturated rings. The Hall–Kier alpha value is -0.860. The second-order valence-electron chi connectivity index (χ2n) is 6.07. The number of nitrogens with zero attached hydrogens (tertiary/aromatic N) is 1. The highest BCUT2D eigenvalue weighted by molar-refractivity contribution is 6.30. The lowest BCUT2D eigenvalue weighted by Gasteiger charge is -2.37. The molecule has 0 spiro atoms. The van der Waals surface area contributed by atoms with Crippen LogP contribution in [-0.2, 0) is 0 Å². The van der Waals surface area contributed by atoms with Crippen LogP contribution in [0.2, 0.25) is 5.02 Å². The van der Waals surface area contributed by atoms with E-state index in [1.807, 2.05) is 24.3 Å². The normalized spacial score (nSPS) is 27.6. The zero-order valence-electron chi connectivity index (χ0n) is 11.9. The summed E-state index contributed by atoms with van der Waals surface area (Å²) in [5, 5.41) is 0.696. The minimum atomic E-state index is 0.183. The molecule has 0 amide bonds. The van der Waals surface area contributed by atoms with Gasteiger partial charge in [-0.3, -0.25) is 9.69 Å². The number of carbonyl (C=O) groups is 1. The molecule has 108 valence electrons. The molecule has 0 N–H and O–H groups in total. The van der Waals surface area contributed by atoms with Gasteiger partial charge in [0.15, 0.2) is 5.78 Å². The van der Waals surface area contributed by atoms with Crippen molar-refractivity contribution < 1.29 is 4.79 Å². The molecular formula is C17H22ClNO. The van der Waals surface area contributed by atoms with E-state index in [9.17, 15) is 4.79 Å². The highest BCUT2D eigenvalue weighted by Gasteiger charge is 2.35. The van der Waals surface area contributed by atoms with Gasteiger partial charge in [-0.2, -0.15) is 0 Å². The van der Waals surface area contributed by atoms with E-state index in [-0.39, 0.29) is 5.92 Å². The van der Waals surface area contributed by atoms with E-state index < -0.39 is 0 Å². The molecule has 0 radical (unpaired) electrons. The number of halogens is 1. The van der Waals surface area contributed by atoms with Crippen molar-refractivity contribution in [3.8, 4) is 0 Å². The Morgan fingerprint density at radius 1 is 1.00 bits per heavy atom. The van der Waals surface area contributed by atoms with Crippen molar-refractivity contribution in [1.29, 1.82) is 0 Å². The molecule has 1 aliphatic heterocycles. The number of ketones is 1. The van der Waals surface area contributed by atoms with E-state index >= 15 is 0 Å². The third kappa shape index (κ3) is 2.91. The second-order valence-corrected chi connectivity index (χ2v) is 6.51. The molecule has 0 bridgehead atoms. The van der Waals surface area contributed by atoms with Gasteiger partial charge in [-0.25, -0.2) is 0 Å². The van der Waals surface area contributed by atoms with Crippen LogP contribution in [0.5, 0.6) is 0 Å². The predicted molar refractivity (Wildman–Crippen MR) is 82.3 cm³/mol. The van der Waals surface area contributed by atoms with Gasteiger partial charge in [0.05, 0.1) is 0 Å². The smallest absolute Gasteiger partial charge is 0.167 e. The van der Waals surface area contributed by atoms with E-state index in [1.54, 1.807) is 0 Å². The van der Waals surface area contributed by atoms with E-state index in [0.717, 1.165) is 12.0 Å². The molecule has 1 aromatic carbocycles. The van der Waals surface area contributed by atoms with Crippen LogP contribution in [0.25, 0.3) is 0 Å². The Morgan fingerprint density at radius 3 is 2.35 bits per heavy atom. The van der Waals surface area contributed by atoms with Gasteiger partial charge in [0.25, 0.3) is 0 Å². The van der Waals surface area contributed by atoms with Gasteiger partial charge in [-0.1, -0.05) is 24.4 Å². The van der Waals surface area contributed by atoms with E-state index in [1.165, 1.54) is 45.2 Å². The fraction of sp³-hybridized carbons (Fsp3) is 0.588. The molecule has 1 aromatic rings. The predicted octanol–water partition coefficient (Wildman–Crippen LogP) is 4.18. The van der Waals surface area contributed by atoms with Crippen molar-refractivity contribution in [2.75, 3.05) is 13.1 Å². The van der Waals surface area contributed by atoms with E-state index in [2.05, 4.69) is 4.90 Å². The average molecular weight is 292 g/mol. The molecular weight excluding hydrogens is 270 g/mol. The maximum Gasteiger partial charge on any atom is 0.167 e. The summed E-state index contributed by atoms with van der Waals surface area (Å²) in [6, 6.07) is 7.86. The lowest BCUT2D eigenvalue weighted by atomic mass is 9.79. The molecule has 20 heavy (non-hydrogen) atoms. The Kier molecular flexibility index (Phi) is 4.42. The van der Waals surface area contributed by atoms with Gasteiger partial charge in [0, 0.05) is 22.5 Å².